The third-order valence-electron chi connectivity index (χ3n) is 1.99. The van der Waals surface area contributed by atoms with Crippen molar-refractivity contribution in [3.05, 3.63) is 0 Å². The third-order valence-corrected chi connectivity index (χ3v) is 1.99. The highest BCUT2D eigenvalue weighted by Gasteiger charge is 2.19. The molecule has 1 rings (SSSR count). The first-order chi connectivity index (χ1) is 5.58. The van der Waals surface area contributed by atoms with Crippen LogP contribution in [0.25, 0.3) is 0 Å². The molecular formula is C10H25NSi. The molecule has 0 amide bonds. The quantitative estimate of drug-likeness (QED) is 0.616. The van der Waals surface area contributed by atoms with Crippen molar-refractivity contribution in [1.82, 2.24) is 5.32 Å². The van der Waals surface area contributed by atoms with Crippen LogP contribution in [-0.4, -0.2) is 21.8 Å². The van der Waals surface area contributed by atoms with Gasteiger partial charge in [-0.3, -0.25) is 0 Å². The van der Waals surface area contributed by atoms with E-state index in [-0.39, 0.29) is 0 Å². The molecule has 0 atom stereocenters. The molecule has 1 aliphatic carbocycles. The first kappa shape index (κ1) is 12.2. The van der Waals surface area contributed by atoms with Gasteiger partial charge < -0.3 is 5.32 Å². The summed E-state index contributed by atoms with van der Waals surface area (Å²) < 4.78 is 0. The summed E-state index contributed by atoms with van der Waals surface area (Å²) in [5.41, 5.74) is 0.314. The monoisotopic (exact) mass is 187 g/mol. The largest absolute Gasteiger partial charge is 0.309 e. The van der Waals surface area contributed by atoms with Gasteiger partial charge in [-0.1, -0.05) is 19.4 Å². The summed E-state index contributed by atoms with van der Waals surface area (Å²) in [5.74, 6) is 0. The molecule has 0 aromatic heterocycles. The smallest absolute Gasteiger partial charge is 0.00990 e. The maximum atomic E-state index is 3.62. The standard InChI is InChI=1S/C9H19N.CH6Si/c1-9(2,3)10-8-6-4-5-7-8;1-2/h8,10H,4-7H2,1-3H3;1-2H3. The Morgan fingerprint density at radius 1 is 1.08 bits per heavy atom. The minimum absolute atomic E-state index is 0.314. The fraction of sp³-hybridized carbons (Fsp3) is 1.00. The highest BCUT2D eigenvalue weighted by atomic mass is 28.1. The molecule has 1 nitrogen and oxygen atoms in total. The zero-order valence-corrected chi connectivity index (χ0v) is 11.4. The maximum absolute atomic E-state index is 3.62. The van der Waals surface area contributed by atoms with Crippen LogP contribution < -0.4 is 5.32 Å². The molecule has 0 heterocycles. The summed E-state index contributed by atoms with van der Waals surface area (Å²) in [5, 5.41) is 3.62. The number of nitrogens with one attached hydrogen (secondary N) is 1. The lowest BCUT2D eigenvalue weighted by molar-refractivity contribution is 0.361. The van der Waals surface area contributed by atoms with Crippen molar-refractivity contribution in [2.24, 2.45) is 0 Å². The maximum Gasteiger partial charge on any atom is 0.00990 e. The van der Waals surface area contributed by atoms with E-state index in [2.05, 4.69) is 32.6 Å². The van der Waals surface area contributed by atoms with E-state index < -0.39 is 0 Å². The van der Waals surface area contributed by atoms with E-state index in [1.54, 1.807) is 0 Å². The van der Waals surface area contributed by atoms with E-state index in [1.165, 1.54) is 35.9 Å². The van der Waals surface area contributed by atoms with Crippen molar-refractivity contribution in [1.29, 1.82) is 0 Å². The molecule has 0 aromatic carbocycles. The van der Waals surface area contributed by atoms with Crippen LogP contribution in [0.3, 0.4) is 0 Å². The minimum Gasteiger partial charge on any atom is -0.309 e. The SMILES string of the molecule is CC(C)(C)NC1CCCC1.C[SiH3]. The lowest BCUT2D eigenvalue weighted by atomic mass is 10.1. The topological polar surface area (TPSA) is 12.0 Å². The zero-order chi connectivity index (χ0) is 9.61. The van der Waals surface area contributed by atoms with Gasteiger partial charge in [0, 0.05) is 11.6 Å². The Morgan fingerprint density at radius 3 is 1.83 bits per heavy atom. The van der Waals surface area contributed by atoms with E-state index in [0.29, 0.717) is 5.54 Å². The molecular weight excluding hydrogens is 162 g/mol. The van der Waals surface area contributed by atoms with Crippen molar-refractivity contribution in [2.45, 2.75) is 64.6 Å². The Bertz CT molecular complexity index is 101. The van der Waals surface area contributed by atoms with Gasteiger partial charge in [0.05, 0.1) is 0 Å². The van der Waals surface area contributed by atoms with Gasteiger partial charge in [0.1, 0.15) is 0 Å². The number of rotatable bonds is 1. The van der Waals surface area contributed by atoms with Crippen molar-refractivity contribution >= 4 is 10.2 Å². The molecule has 0 unspecified atom stereocenters. The van der Waals surface area contributed by atoms with Gasteiger partial charge in [-0.2, -0.15) is 0 Å². The van der Waals surface area contributed by atoms with Crippen LogP contribution in [0.15, 0.2) is 0 Å². The van der Waals surface area contributed by atoms with Crippen molar-refractivity contribution in [3.63, 3.8) is 0 Å². The van der Waals surface area contributed by atoms with Gasteiger partial charge in [-0.25, -0.2) is 0 Å². The molecule has 1 fully saturated rings. The number of hydrogen-bond acceptors (Lipinski definition) is 1. The van der Waals surface area contributed by atoms with Crippen LogP contribution in [-0.2, 0) is 0 Å². The molecule has 0 bridgehead atoms. The van der Waals surface area contributed by atoms with Gasteiger partial charge in [-0.15, -0.1) is 0 Å². The van der Waals surface area contributed by atoms with E-state index in [9.17, 15) is 0 Å². The predicted molar refractivity (Wildman–Crippen MR) is 60.9 cm³/mol. The first-order valence-corrected chi connectivity index (χ1v) is 7.36. The molecule has 0 saturated heterocycles. The lowest BCUT2D eigenvalue weighted by Gasteiger charge is -2.25. The van der Waals surface area contributed by atoms with Crippen molar-refractivity contribution in [3.8, 4) is 0 Å². The lowest BCUT2D eigenvalue weighted by Crippen LogP contribution is -2.42. The second-order valence-corrected chi connectivity index (χ2v) is 4.38. The predicted octanol–water partition coefficient (Wildman–Crippen LogP) is 1.72. The molecule has 74 valence electrons. The molecule has 12 heavy (non-hydrogen) atoms. The summed E-state index contributed by atoms with van der Waals surface area (Å²) in [6.45, 7) is 8.86. The summed E-state index contributed by atoms with van der Waals surface area (Å²) in [7, 11) is 1.31. The number of hydrogen-bond donors (Lipinski definition) is 1. The summed E-state index contributed by atoms with van der Waals surface area (Å²) in [6, 6.07) is 0.806. The fourth-order valence-corrected chi connectivity index (χ4v) is 1.68. The molecule has 1 aliphatic rings. The van der Waals surface area contributed by atoms with Crippen molar-refractivity contribution < 1.29 is 0 Å². The zero-order valence-electron chi connectivity index (χ0n) is 9.41. The molecule has 0 spiro atoms. The van der Waals surface area contributed by atoms with Gasteiger partial charge in [0.25, 0.3) is 0 Å². The second kappa shape index (κ2) is 5.76. The average Bonchev–Trinajstić information content (AvgIpc) is 2.41. The van der Waals surface area contributed by atoms with Gasteiger partial charge in [-0.05, 0) is 43.9 Å². The van der Waals surface area contributed by atoms with Crippen LogP contribution >= 0.6 is 0 Å². The van der Waals surface area contributed by atoms with Crippen LogP contribution in [0.5, 0.6) is 0 Å². The van der Waals surface area contributed by atoms with Crippen LogP contribution in [0.4, 0.5) is 0 Å². The van der Waals surface area contributed by atoms with Gasteiger partial charge in [0.15, 0.2) is 0 Å². The molecule has 0 aromatic rings. The average molecular weight is 187 g/mol. The Morgan fingerprint density at radius 2 is 1.50 bits per heavy atom. The minimum atomic E-state index is 0.314. The molecule has 1 N–H and O–H groups in total. The third kappa shape index (κ3) is 5.78. The van der Waals surface area contributed by atoms with E-state index in [4.69, 9.17) is 0 Å². The van der Waals surface area contributed by atoms with Crippen molar-refractivity contribution in [2.75, 3.05) is 0 Å². The fourth-order valence-electron chi connectivity index (χ4n) is 1.68. The first-order valence-electron chi connectivity index (χ1n) is 5.36. The highest BCUT2D eigenvalue weighted by Crippen LogP contribution is 2.19. The normalized spacial score (nSPS) is 19.0. The molecule has 1 saturated carbocycles. The van der Waals surface area contributed by atoms with Gasteiger partial charge in [0.2, 0.25) is 0 Å². The summed E-state index contributed by atoms with van der Waals surface area (Å²) >= 11 is 0. The van der Waals surface area contributed by atoms with Crippen LogP contribution in [0, 0.1) is 0 Å². The van der Waals surface area contributed by atoms with Gasteiger partial charge >= 0.3 is 0 Å². The molecule has 2 heteroatoms. The van der Waals surface area contributed by atoms with E-state index in [1.807, 2.05) is 0 Å². The Labute approximate surface area is 80.7 Å². The van der Waals surface area contributed by atoms with Crippen LogP contribution in [0.1, 0.15) is 46.5 Å². The molecule has 0 aliphatic heterocycles. The summed E-state index contributed by atoms with van der Waals surface area (Å²) in [4.78, 5) is 0. The van der Waals surface area contributed by atoms with E-state index in [0.717, 1.165) is 6.04 Å². The summed E-state index contributed by atoms with van der Waals surface area (Å²) in [6.07, 6.45) is 5.62. The van der Waals surface area contributed by atoms with E-state index >= 15 is 0 Å². The Balaban J connectivity index is 0.000000561. The molecule has 0 radical (unpaired) electrons. The highest BCUT2D eigenvalue weighted by molar-refractivity contribution is 6.05. The van der Waals surface area contributed by atoms with Crippen LogP contribution in [0.2, 0.25) is 6.55 Å². The Kier molecular flexibility index (Phi) is 5.84. The second-order valence-electron chi connectivity index (χ2n) is 4.38. The Hall–Kier alpha value is 0.177.